The van der Waals surface area contributed by atoms with Crippen LogP contribution >= 0.6 is 0 Å². The molecule has 7 heteroatoms. The molecule has 5 heterocycles. The molecule has 1 fully saturated rings. The van der Waals surface area contributed by atoms with Crippen molar-refractivity contribution in [3.63, 3.8) is 0 Å². The summed E-state index contributed by atoms with van der Waals surface area (Å²) in [5.41, 5.74) is 6.58. The van der Waals surface area contributed by atoms with E-state index in [2.05, 4.69) is 50.4 Å². The van der Waals surface area contributed by atoms with Crippen LogP contribution in [0, 0.1) is 5.41 Å². The molecule has 1 aromatic carbocycles. The lowest BCUT2D eigenvalue weighted by Crippen LogP contribution is -2.42. The summed E-state index contributed by atoms with van der Waals surface area (Å²) in [4.78, 5) is 19.1. The molecule has 36 heavy (non-hydrogen) atoms. The number of hydrogen-bond donors (Lipinski definition) is 0. The quantitative estimate of drug-likeness (QED) is 0.404. The molecule has 0 N–H and O–H groups in total. The van der Waals surface area contributed by atoms with E-state index in [0.29, 0.717) is 11.3 Å². The van der Waals surface area contributed by atoms with Crippen LogP contribution in [0.2, 0.25) is 0 Å². The van der Waals surface area contributed by atoms with Gasteiger partial charge in [-0.2, -0.15) is 0 Å². The lowest BCUT2D eigenvalue weighted by atomic mass is 9.70. The van der Waals surface area contributed by atoms with E-state index < -0.39 is 0 Å². The number of benzene rings is 1. The lowest BCUT2D eigenvalue weighted by molar-refractivity contribution is 0.192. The smallest absolute Gasteiger partial charge is 0.214 e. The van der Waals surface area contributed by atoms with Gasteiger partial charge in [-0.25, -0.2) is 9.97 Å². The van der Waals surface area contributed by atoms with Crippen LogP contribution in [0.1, 0.15) is 48.9 Å². The van der Waals surface area contributed by atoms with E-state index in [1.807, 2.05) is 30.9 Å². The summed E-state index contributed by atoms with van der Waals surface area (Å²) in [7, 11) is 1.79. The van der Waals surface area contributed by atoms with E-state index >= 15 is 0 Å². The van der Waals surface area contributed by atoms with Gasteiger partial charge in [-0.3, -0.25) is 9.38 Å². The van der Waals surface area contributed by atoms with Gasteiger partial charge in [0.1, 0.15) is 11.3 Å². The Bertz CT molecular complexity index is 1440. The summed E-state index contributed by atoms with van der Waals surface area (Å²) >= 11 is 0. The van der Waals surface area contributed by atoms with Gasteiger partial charge in [-0.05, 0) is 67.2 Å². The van der Waals surface area contributed by atoms with Gasteiger partial charge in [0.15, 0.2) is 5.82 Å². The van der Waals surface area contributed by atoms with Crippen molar-refractivity contribution < 1.29 is 4.74 Å². The summed E-state index contributed by atoms with van der Waals surface area (Å²) in [5.74, 6) is 3.54. The van der Waals surface area contributed by atoms with Crippen LogP contribution < -0.4 is 14.5 Å². The first-order chi connectivity index (χ1) is 17.7. The van der Waals surface area contributed by atoms with Gasteiger partial charge in [0, 0.05) is 43.8 Å². The number of piperidine rings is 1. The van der Waals surface area contributed by atoms with Gasteiger partial charge in [0.05, 0.1) is 24.7 Å². The molecule has 7 nitrogen and oxygen atoms in total. The lowest BCUT2D eigenvalue weighted by Gasteiger charge is -2.43. The van der Waals surface area contributed by atoms with Crippen molar-refractivity contribution in [1.29, 1.82) is 0 Å². The number of fused-ring (bicyclic) bond motifs is 3. The minimum Gasteiger partial charge on any atom is -0.496 e. The molecule has 2 aliphatic heterocycles. The Morgan fingerprint density at radius 2 is 1.89 bits per heavy atom. The van der Waals surface area contributed by atoms with E-state index in [4.69, 9.17) is 14.7 Å². The normalized spacial score (nSPS) is 20.6. The summed E-state index contributed by atoms with van der Waals surface area (Å²) in [6.45, 7) is 5.36. The summed E-state index contributed by atoms with van der Waals surface area (Å²) in [5, 5.41) is 0. The Morgan fingerprint density at radius 1 is 1.00 bits per heavy atom. The Morgan fingerprint density at radius 3 is 2.75 bits per heavy atom. The number of anilines is 3. The number of nitrogens with zero attached hydrogens (tertiary/aromatic N) is 6. The second-order valence-electron chi connectivity index (χ2n) is 10.6. The van der Waals surface area contributed by atoms with Gasteiger partial charge in [-0.15, -0.1) is 0 Å². The topological polar surface area (TPSA) is 58.8 Å². The van der Waals surface area contributed by atoms with Crippen molar-refractivity contribution >= 4 is 23.0 Å². The summed E-state index contributed by atoms with van der Waals surface area (Å²) in [6.07, 6.45) is 13.4. The molecule has 0 bridgehead atoms. The number of hydrogen-bond acceptors (Lipinski definition) is 6. The summed E-state index contributed by atoms with van der Waals surface area (Å²) in [6, 6.07) is 10.7. The highest BCUT2D eigenvalue weighted by atomic mass is 16.5. The van der Waals surface area contributed by atoms with Crippen molar-refractivity contribution in [3.8, 4) is 5.75 Å². The number of aromatic nitrogens is 4. The fourth-order valence-corrected chi connectivity index (χ4v) is 6.97. The van der Waals surface area contributed by atoms with Gasteiger partial charge < -0.3 is 14.5 Å². The monoisotopic (exact) mass is 480 g/mol. The zero-order valence-electron chi connectivity index (χ0n) is 21.0. The van der Waals surface area contributed by atoms with Crippen LogP contribution in [0.15, 0.2) is 55.1 Å². The molecule has 1 aliphatic carbocycles. The number of aryl methyl sites for hydroxylation is 1. The zero-order valence-corrected chi connectivity index (χ0v) is 21.0. The molecular formula is C29H32N6O. The number of imidazole rings is 1. The minimum atomic E-state index is 0.300. The average molecular weight is 481 g/mol. The van der Waals surface area contributed by atoms with E-state index in [1.54, 1.807) is 7.11 Å². The van der Waals surface area contributed by atoms with Gasteiger partial charge >= 0.3 is 0 Å². The zero-order chi connectivity index (χ0) is 24.3. The first-order valence-electron chi connectivity index (χ1n) is 13.1. The first-order valence-corrected chi connectivity index (χ1v) is 13.1. The van der Waals surface area contributed by atoms with Crippen molar-refractivity contribution in [2.75, 3.05) is 36.5 Å². The third kappa shape index (κ3) is 3.14. The highest BCUT2D eigenvalue weighted by Gasteiger charge is 2.46. The molecule has 0 radical (unpaired) electrons. The van der Waals surface area contributed by atoms with Gasteiger partial charge in [-0.1, -0.05) is 19.1 Å². The molecule has 184 valence electrons. The Labute approximate surface area is 211 Å². The van der Waals surface area contributed by atoms with E-state index in [9.17, 15) is 0 Å². The molecule has 3 aromatic heterocycles. The van der Waals surface area contributed by atoms with Gasteiger partial charge in [0.25, 0.3) is 0 Å². The van der Waals surface area contributed by atoms with Crippen LogP contribution in [0.5, 0.6) is 5.75 Å². The Kier molecular flexibility index (Phi) is 4.94. The highest BCUT2D eigenvalue weighted by molar-refractivity contribution is 5.73. The Balaban J connectivity index is 1.17. The molecule has 0 unspecified atom stereocenters. The van der Waals surface area contributed by atoms with Crippen LogP contribution in [-0.2, 0) is 12.8 Å². The van der Waals surface area contributed by atoms with E-state index in [1.165, 1.54) is 16.8 Å². The van der Waals surface area contributed by atoms with Crippen molar-refractivity contribution in [1.82, 2.24) is 19.4 Å². The first kappa shape index (κ1) is 21.7. The average Bonchev–Trinajstić information content (AvgIpc) is 3.48. The largest absolute Gasteiger partial charge is 0.496 e. The predicted molar refractivity (Wildman–Crippen MR) is 142 cm³/mol. The molecule has 1 spiro atoms. The molecule has 1 atom stereocenters. The number of pyridine rings is 1. The van der Waals surface area contributed by atoms with Crippen molar-refractivity contribution in [2.24, 2.45) is 5.41 Å². The Hall–Kier alpha value is -3.61. The second kappa shape index (κ2) is 8.22. The van der Waals surface area contributed by atoms with E-state index in [0.717, 1.165) is 80.5 Å². The number of methoxy groups -OCH3 is 1. The standard InChI is InChI=1S/C29H32N6O/c1-20-26-21(6-3-9-25(26)36-2)18-29(20)10-15-33(16-11-29)27-24-19-32-28(35(24)17-13-31-27)34-14-5-7-22-23(34)8-4-12-30-22/h3-4,6,8-9,12-13,17,19-20H,5,7,10-11,14-16,18H2,1-2H3/t20-/m1/s1. The fraction of sp³-hybridized carbons (Fsp3) is 0.414. The van der Waals surface area contributed by atoms with Crippen LogP contribution in [0.4, 0.5) is 17.5 Å². The molecule has 4 aromatic rings. The van der Waals surface area contributed by atoms with Crippen LogP contribution in [-0.4, -0.2) is 46.1 Å². The second-order valence-corrected chi connectivity index (χ2v) is 10.6. The molecule has 0 saturated carbocycles. The third-order valence-electron chi connectivity index (χ3n) is 8.94. The fourth-order valence-electron chi connectivity index (χ4n) is 6.97. The molecular weight excluding hydrogens is 448 g/mol. The SMILES string of the molecule is COc1cccc2c1[C@@H](C)C1(CCN(c3nccn4c(N5CCCc6ncccc65)ncc34)CC1)C2. The maximum absolute atomic E-state index is 5.74. The van der Waals surface area contributed by atoms with Crippen molar-refractivity contribution in [3.05, 3.63) is 71.9 Å². The maximum Gasteiger partial charge on any atom is 0.214 e. The number of ether oxygens (including phenoxy) is 1. The van der Waals surface area contributed by atoms with Crippen molar-refractivity contribution in [2.45, 2.75) is 44.9 Å². The maximum atomic E-state index is 5.74. The van der Waals surface area contributed by atoms with E-state index in [-0.39, 0.29) is 0 Å². The molecule has 3 aliphatic rings. The molecule has 1 saturated heterocycles. The number of rotatable bonds is 3. The van der Waals surface area contributed by atoms with Gasteiger partial charge in [0.2, 0.25) is 5.95 Å². The highest BCUT2D eigenvalue weighted by Crippen LogP contribution is 2.55. The molecule has 0 amide bonds. The molecule has 7 rings (SSSR count). The summed E-state index contributed by atoms with van der Waals surface area (Å²) < 4.78 is 7.94. The predicted octanol–water partition coefficient (Wildman–Crippen LogP) is 5.16. The third-order valence-corrected chi connectivity index (χ3v) is 8.94. The minimum absolute atomic E-state index is 0.300. The van der Waals surface area contributed by atoms with Crippen LogP contribution in [0.25, 0.3) is 5.52 Å². The van der Waals surface area contributed by atoms with Crippen LogP contribution in [0.3, 0.4) is 0 Å².